The summed E-state index contributed by atoms with van der Waals surface area (Å²) in [6.07, 6.45) is 3.72. The summed E-state index contributed by atoms with van der Waals surface area (Å²) >= 11 is 0. The highest BCUT2D eigenvalue weighted by Crippen LogP contribution is 2.12. The topological polar surface area (TPSA) is 41.4 Å². The highest BCUT2D eigenvalue weighted by atomic mass is 16.2. The van der Waals surface area contributed by atoms with Crippen LogP contribution in [0.25, 0.3) is 0 Å². The second-order valence-corrected chi connectivity index (χ2v) is 5.23. The number of hydrogen-bond donors (Lipinski definition) is 0. The van der Waals surface area contributed by atoms with Crippen LogP contribution in [0.15, 0.2) is 42.7 Å². The number of rotatable bonds is 1. The third kappa shape index (κ3) is 3.12. The number of aromatic nitrogens is 2. The zero-order chi connectivity index (χ0) is 15.4. The monoisotopic (exact) mass is 294 g/mol. The van der Waals surface area contributed by atoms with E-state index in [1.807, 2.05) is 48.1 Å². The molecule has 22 heavy (non-hydrogen) atoms. The standard InChI is InChI=1S/C17H18N4O/c1-19-10-9-18-17(19)21-13-11-20(12-14-21)16(22)8-7-15-5-3-2-4-6-15/h2-6,9-10H,11-14H2,1H3. The van der Waals surface area contributed by atoms with Gasteiger partial charge < -0.3 is 14.4 Å². The van der Waals surface area contributed by atoms with Gasteiger partial charge in [0.2, 0.25) is 5.95 Å². The van der Waals surface area contributed by atoms with Crippen LogP contribution < -0.4 is 4.90 Å². The van der Waals surface area contributed by atoms with Gasteiger partial charge in [-0.2, -0.15) is 0 Å². The number of carbonyl (C=O) groups is 1. The normalized spacial score (nSPS) is 14.4. The van der Waals surface area contributed by atoms with Crippen LogP contribution in [0.3, 0.4) is 0 Å². The van der Waals surface area contributed by atoms with Crippen LogP contribution in [-0.4, -0.2) is 46.5 Å². The Kier molecular flexibility index (Phi) is 4.10. The van der Waals surface area contributed by atoms with E-state index in [1.165, 1.54) is 0 Å². The van der Waals surface area contributed by atoms with Crippen molar-refractivity contribution in [1.82, 2.24) is 14.5 Å². The van der Waals surface area contributed by atoms with E-state index in [9.17, 15) is 4.79 Å². The van der Waals surface area contributed by atoms with Crippen molar-refractivity contribution in [3.63, 3.8) is 0 Å². The maximum absolute atomic E-state index is 12.1. The van der Waals surface area contributed by atoms with E-state index in [4.69, 9.17) is 0 Å². The first-order chi connectivity index (χ1) is 10.7. The number of nitrogens with zero attached hydrogens (tertiary/aromatic N) is 4. The summed E-state index contributed by atoms with van der Waals surface area (Å²) in [6.45, 7) is 2.91. The van der Waals surface area contributed by atoms with Crippen LogP contribution in [0.4, 0.5) is 5.95 Å². The molecule has 2 heterocycles. The lowest BCUT2D eigenvalue weighted by atomic mass is 10.2. The molecule has 1 aliphatic heterocycles. The van der Waals surface area contributed by atoms with Crippen molar-refractivity contribution in [1.29, 1.82) is 0 Å². The maximum Gasteiger partial charge on any atom is 0.298 e. The number of imidazole rings is 1. The van der Waals surface area contributed by atoms with Gasteiger partial charge in [0.25, 0.3) is 5.91 Å². The third-order valence-electron chi connectivity index (χ3n) is 3.73. The van der Waals surface area contributed by atoms with E-state index in [2.05, 4.69) is 21.7 Å². The Morgan fingerprint density at radius 1 is 1.14 bits per heavy atom. The Morgan fingerprint density at radius 2 is 1.86 bits per heavy atom. The predicted molar refractivity (Wildman–Crippen MR) is 85.3 cm³/mol. The van der Waals surface area contributed by atoms with Crippen molar-refractivity contribution in [2.24, 2.45) is 7.05 Å². The van der Waals surface area contributed by atoms with Gasteiger partial charge in [-0.25, -0.2) is 4.98 Å². The van der Waals surface area contributed by atoms with Crippen LogP contribution in [0.2, 0.25) is 0 Å². The molecule has 0 unspecified atom stereocenters. The van der Waals surface area contributed by atoms with Crippen LogP contribution in [-0.2, 0) is 11.8 Å². The Balaban J connectivity index is 1.59. The molecule has 0 radical (unpaired) electrons. The lowest BCUT2D eigenvalue weighted by Crippen LogP contribution is -2.49. The van der Waals surface area contributed by atoms with Crippen LogP contribution >= 0.6 is 0 Å². The summed E-state index contributed by atoms with van der Waals surface area (Å²) in [5.74, 6) is 6.48. The molecule has 0 saturated carbocycles. The van der Waals surface area contributed by atoms with Gasteiger partial charge in [0.15, 0.2) is 0 Å². The van der Waals surface area contributed by atoms with Gasteiger partial charge in [-0.05, 0) is 12.1 Å². The van der Waals surface area contributed by atoms with Gasteiger partial charge in [-0.3, -0.25) is 4.79 Å². The van der Waals surface area contributed by atoms with Gasteiger partial charge in [0.05, 0.1) is 0 Å². The highest BCUT2D eigenvalue weighted by molar-refractivity contribution is 5.94. The molecule has 0 spiro atoms. The molecule has 112 valence electrons. The fourth-order valence-corrected chi connectivity index (χ4v) is 2.50. The van der Waals surface area contributed by atoms with Gasteiger partial charge in [0, 0.05) is 57.1 Å². The van der Waals surface area contributed by atoms with E-state index >= 15 is 0 Å². The van der Waals surface area contributed by atoms with Gasteiger partial charge in [-0.1, -0.05) is 24.1 Å². The Morgan fingerprint density at radius 3 is 2.50 bits per heavy atom. The van der Waals surface area contributed by atoms with Gasteiger partial charge in [-0.15, -0.1) is 0 Å². The van der Waals surface area contributed by atoms with Crippen molar-refractivity contribution in [3.8, 4) is 11.8 Å². The first-order valence-electron chi connectivity index (χ1n) is 7.32. The molecule has 1 saturated heterocycles. The smallest absolute Gasteiger partial charge is 0.298 e. The summed E-state index contributed by atoms with van der Waals surface area (Å²) in [5.41, 5.74) is 0.863. The number of hydrogen-bond acceptors (Lipinski definition) is 3. The molecule has 1 aromatic carbocycles. The fourth-order valence-electron chi connectivity index (χ4n) is 2.50. The lowest BCUT2D eigenvalue weighted by molar-refractivity contribution is -0.125. The maximum atomic E-state index is 12.1. The first-order valence-corrected chi connectivity index (χ1v) is 7.32. The molecule has 1 aliphatic rings. The molecule has 1 aromatic heterocycles. The number of piperazine rings is 1. The SMILES string of the molecule is Cn1ccnc1N1CCN(C(=O)C#Cc2ccccc2)CC1. The largest absolute Gasteiger partial charge is 0.339 e. The Bertz CT molecular complexity index is 703. The lowest BCUT2D eigenvalue weighted by Gasteiger charge is -2.34. The van der Waals surface area contributed by atoms with E-state index < -0.39 is 0 Å². The fraction of sp³-hybridized carbons (Fsp3) is 0.294. The van der Waals surface area contributed by atoms with E-state index in [0.717, 1.165) is 24.6 Å². The summed E-state index contributed by atoms with van der Waals surface area (Å²) in [4.78, 5) is 20.5. The summed E-state index contributed by atoms with van der Waals surface area (Å²) in [6, 6.07) is 9.57. The molecule has 1 fully saturated rings. The Labute approximate surface area is 130 Å². The first kappa shape index (κ1) is 14.2. The van der Waals surface area contributed by atoms with Crippen molar-refractivity contribution in [3.05, 3.63) is 48.3 Å². The van der Waals surface area contributed by atoms with Crippen molar-refractivity contribution >= 4 is 11.9 Å². The molecule has 5 nitrogen and oxygen atoms in total. The molecule has 3 rings (SSSR count). The predicted octanol–water partition coefficient (Wildman–Crippen LogP) is 1.12. The van der Waals surface area contributed by atoms with Crippen molar-refractivity contribution in [2.45, 2.75) is 0 Å². The van der Waals surface area contributed by atoms with Crippen LogP contribution in [0.5, 0.6) is 0 Å². The zero-order valence-electron chi connectivity index (χ0n) is 12.6. The van der Waals surface area contributed by atoms with E-state index in [1.54, 1.807) is 11.1 Å². The van der Waals surface area contributed by atoms with Crippen LogP contribution in [0, 0.1) is 11.8 Å². The molecule has 0 aliphatic carbocycles. The number of anilines is 1. The molecule has 2 aromatic rings. The van der Waals surface area contributed by atoms with E-state index in [-0.39, 0.29) is 5.91 Å². The molecule has 0 bridgehead atoms. The minimum absolute atomic E-state index is 0.108. The second-order valence-electron chi connectivity index (χ2n) is 5.23. The number of aryl methyl sites for hydroxylation is 1. The summed E-state index contributed by atoms with van der Waals surface area (Å²) < 4.78 is 1.99. The summed E-state index contributed by atoms with van der Waals surface area (Å²) in [7, 11) is 1.98. The number of amides is 1. The molecule has 0 atom stereocenters. The quantitative estimate of drug-likeness (QED) is 0.740. The molecule has 0 N–H and O–H groups in total. The highest BCUT2D eigenvalue weighted by Gasteiger charge is 2.21. The average Bonchev–Trinajstić information content (AvgIpc) is 3.00. The minimum atomic E-state index is -0.108. The van der Waals surface area contributed by atoms with Crippen LogP contribution in [0.1, 0.15) is 5.56 Å². The number of carbonyl (C=O) groups excluding carboxylic acids is 1. The Hall–Kier alpha value is -2.74. The summed E-state index contributed by atoms with van der Waals surface area (Å²) in [5, 5.41) is 0. The molecular formula is C17H18N4O. The number of benzene rings is 1. The van der Waals surface area contributed by atoms with Gasteiger partial charge >= 0.3 is 0 Å². The van der Waals surface area contributed by atoms with E-state index in [0.29, 0.717) is 13.1 Å². The molecule has 1 amide bonds. The van der Waals surface area contributed by atoms with Crippen molar-refractivity contribution in [2.75, 3.05) is 31.1 Å². The molecule has 5 heteroatoms. The van der Waals surface area contributed by atoms with Gasteiger partial charge in [0.1, 0.15) is 0 Å². The average molecular weight is 294 g/mol. The minimum Gasteiger partial charge on any atom is -0.339 e. The second kappa shape index (κ2) is 6.35. The zero-order valence-corrected chi connectivity index (χ0v) is 12.6. The third-order valence-corrected chi connectivity index (χ3v) is 3.73. The van der Waals surface area contributed by atoms with Crippen molar-refractivity contribution < 1.29 is 4.79 Å². The molecular weight excluding hydrogens is 276 g/mol.